The summed E-state index contributed by atoms with van der Waals surface area (Å²) >= 11 is 0. The summed E-state index contributed by atoms with van der Waals surface area (Å²) in [6, 6.07) is 10.7. The Balaban J connectivity index is 1.74. The highest BCUT2D eigenvalue weighted by molar-refractivity contribution is 5.14. The van der Waals surface area contributed by atoms with E-state index in [2.05, 4.69) is 47.1 Å². The third kappa shape index (κ3) is 6.16. The fourth-order valence-electron chi connectivity index (χ4n) is 3.04. The van der Waals surface area contributed by atoms with E-state index in [-0.39, 0.29) is 6.10 Å². The van der Waals surface area contributed by atoms with Crippen molar-refractivity contribution in [3.63, 3.8) is 0 Å². The molecule has 2 rings (SSSR count). The summed E-state index contributed by atoms with van der Waals surface area (Å²) in [5, 5.41) is 10.1. The molecule has 1 saturated heterocycles. The van der Waals surface area contributed by atoms with Gasteiger partial charge in [0, 0.05) is 26.2 Å². The van der Waals surface area contributed by atoms with Crippen LogP contribution in [0.3, 0.4) is 0 Å². The summed E-state index contributed by atoms with van der Waals surface area (Å²) in [6.07, 6.45) is 4.30. The van der Waals surface area contributed by atoms with Gasteiger partial charge in [0.05, 0.1) is 6.10 Å². The SMILES string of the molecule is CCCCC(O)CN1CCCN(Cc2ccccc2)CC1. The molecule has 1 atom stereocenters. The van der Waals surface area contributed by atoms with Crippen LogP contribution >= 0.6 is 0 Å². The van der Waals surface area contributed by atoms with E-state index in [4.69, 9.17) is 0 Å². The fraction of sp³-hybridized carbons (Fsp3) is 0.667. The Morgan fingerprint density at radius 3 is 2.52 bits per heavy atom. The maximum Gasteiger partial charge on any atom is 0.0667 e. The molecular formula is C18H30N2O. The lowest BCUT2D eigenvalue weighted by Crippen LogP contribution is -2.35. The molecule has 1 aliphatic heterocycles. The van der Waals surface area contributed by atoms with Crippen molar-refractivity contribution in [2.24, 2.45) is 0 Å². The van der Waals surface area contributed by atoms with Gasteiger partial charge in [-0.05, 0) is 31.5 Å². The molecule has 1 fully saturated rings. The van der Waals surface area contributed by atoms with E-state index in [1.165, 1.54) is 18.4 Å². The molecule has 0 aliphatic carbocycles. The van der Waals surface area contributed by atoms with E-state index in [9.17, 15) is 5.11 Å². The zero-order chi connectivity index (χ0) is 14.9. The second kappa shape index (κ2) is 9.19. The molecule has 1 unspecified atom stereocenters. The average Bonchev–Trinajstić information content (AvgIpc) is 2.72. The first-order valence-electron chi connectivity index (χ1n) is 8.44. The first-order chi connectivity index (χ1) is 10.3. The van der Waals surface area contributed by atoms with Gasteiger partial charge in [-0.25, -0.2) is 0 Å². The normalized spacial score (nSPS) is 19.3. The molecule has 0 aromatic heterocycles. The molecule has 0 radical (unpaired) electrons. The summed E-state index contributed by atoms with van der Waals surface area (Å²) < 4.78 is 0. The van der Waals surface area contributed by atoms with Crippen LogP contribution in [0.2, 0.25) is 0 Å². The van der Waals surface area contributed by atoms with Crippen molar-refractivity contribution >= 4 is 0 Å². The van der Waals surface area contributed by atoms with Crippen LogP contribution in [0.4, 0.5) is 0 Å². The van der Waals surface area contributed by atoms with Crippen molar-refractivity contribution in [1.82, 2.24) is 9.80 Å². The molecule has 1 aromatic rings. The van der Waals surface area contributed by atoms with Crippen LogP contribution in [0.15, 0.2) is 30.3 Å². The molecule has 1 aliphatic rings. The number of aliphatic hydroxyl groups excluding tert-OH is 1. The maximum atomic E-state index is 10.1. The highest BCUT2D eigenvalue weighted by Gasteiger charge is 2.17. The molecule has 21 heavy (non-hydrogen) atoms. The van der Waals surface area contributed by atoms with Gasteiger partial charge in [-0.15, -0.1) is 0 Å². The number of hydrogen-bond acceptors (Lipinski definition) is 3. The second-order valence-electron chi connectivity index (χ2n) is 6.21. The van der Waals surface area contributed by atoms with E-state index in [0.29, 0.717) is 0 Å². The molecule has 1 aromatic carbocycles. The summed E-state index contributed by atoms with van der Waals surface area (Å²) in [6.45, 7) is 8.54. The third-order valence-electron chi connectivity index (χ3n) is 4.29. The van der Waals surface area contributed by atoms with Crippen LogP contribution < -0.4 is 0 Å². The molecule has 1 N–H and O–H groups in total. The van der Waals surface area contributed by atoms with Crippen molar-refractivity contribution < 1.29 is 5.11 Å². The van der Waals surface area contributed by atoms with Gasteiger partial charge in [0.2, 0.25) is 0 Å². The van der Waals surface area contributed by atoms with Crippen LogP contribution in [0.5, 0.6) is 0 Å². The van der Waals surface area contributed by atoms with Crippen LogP contribution in [-0.2, 0) is 6.54 Å². The minimum absolute atomic E-state index is 0.148. The zero-order valence-corrected chi connectivity index (χ0v) is 13.4. The third-order valence-corrected chi connectivity index (χ3v) is 4.29. The van der Waals surface area contributed by atoms with Crippen molar-refractivity contribution in [3.8, 4) is 0 Å². The van der Waals surface area contributed by atoms with Gasteiger partial charge in [0.1, 0.15) is 0 Å². The largest absolute Gasteiger partial charge is 0.392 e. The lowest BCUT2D eigenvalue weighted by atomic mass is 10.1. The van der Waals surface area contributed by atoms with Crippen LogP contribution in [0, 0.1) is 0 Å². The number of benzene rings is 1. The number of nitrogens with zero attached hydrogens (tertiary/aromatic N) is 2. The minimum atomic E-state index is -0.148. The van der Waals surface area contributed by atoms with E-state index < -0.39 is 0 Å². The van der Waals surface area contributed by atoms with E-state index >= 15 is 0 Å². The van der Waals surface area contributed by atoms with Gasteiger partial charge in [-0.1, -0.05) is 50.1 Å². The fourth-order valence-corrected chi connectivity index (χ4v) is 3.04. The Labute approximate surface area is 129 Å². The van der Waals surface area contributed by atoms with Gasteiger partial charge in [0.15, 0.2) is 0 Å². The number of rotatable bonds is 7. The number of unbranched alkanes of at least 4 members (excludes halogenated alkanes) is 1. The van der Waals surface area contributed by atoms with Gasteiger partial charge in [-0.2, -0.15) is 0 Å². The van der Waals surface area contributed by atoms with Crippen LogP contribution in [0.25, 0.3) is 0 Å². The Kier molecular flexibility index (Phi) is 7.20. The standard InChI is InChI=1S/C18H30N2O/c1-2-3-10-18(21)16-20-12-7-11-19(13-14-20)15-17-8-5-4-6-9-17/h4-6,8-9,18,21H,2-3,7,10-16H2,1H3. The lowest BCUT2D eigenvalue weighted by Gasteiger charge is -2.24. The number of hydrogen-bond donors (Lipinski definition) is 1. The zero-order valence-electron chi connectivity index (χ0n) is 13.4. The first-order valence-corrected chi connectivity index (χ1v) is 8.44. The van der Waals surface area contributed by atoms with E-state index in [0.717, 1.165) is 52.1 Å². The molecule has 0 bridgehead atoms. The Bertz CT molecular complexity index is 382. The Morgan fingerprint density at radius 2 is 1.76 bits per heavy atom. The lowest BCUT2D eigenvalue weighted by molar-refractivity contribution is 0.105. The molecule has 3 heteroatoms. The predicted molar refractivity (Wildman–Crippen MR) is 88.3 cm³/mol. The summed E-state index contributed by atoms with van der Waals surface area (Å²) in [5.41, 5.74) is 1.40. The minimum Gasteiger partial charge on any atom is -0.392 e. The molecule has 1 heterocycles. The average molecular weight is 290 g/mol. The van der Waals surface area contributed by atoms with Gasteiger partial charge >= 0.3 is 0 Å². The number of β-amino-alcohol motifs (C(OH)–C–C–N with tert-alkyl or cyclic N) is 1. The monoisotopic (exact) mass is 290 g/mol. The molecule has 118 valence electrons. The van der Waals surface area contributed by atoms with Crippen molar-refractivity contribution in [2.45, 2.75) is 45.3 Å². The molecule has 0 amide bonds. The summed E-state index contributed by atoms with van der Waals surface area (Å²) in [7, 11) is 0. The van der Waals surface area contributed by atoms with Gasteiger partial charge in [0.25, 0.3) is 0 Å². The van der Waals surface area contributed by atoms with E-state index in [1.807, 2.05) is 0 Å². The smallest absolute Gasteiger partial charge is 0.0667 e. The highest BCUT2D eigenvalue weighted by atomic mass is 16.3. The molecule has 0 saturated carbocycles. The first kappa shape index (κ1) is 16.5. The van der Waals surface area contributed by atoms with E-state index in [1.54, 1.807) is 0 Å². The Morgan fingerprint density at radius 1 is 1.05 bits per heavy atom. The summed E-state index contributed by atoms with van der Waals surface area (Å²) in [5.74, 6) is 0. The summed E-state index contributed by atoms with van der Waals surface area (Å²) in [4.78, 5) is 4.97. The number of aliphatic hydroxyl groups is 1. The van der Waals surface area contributed by atoms with Crippen LogP contribution in [0.1, 0.15) is 38.2 Å². The van der Waals surface area contributed by atoms with Crippen LogP contribution in [-0.4, -0.2) is 53.7 Å². The quantitative estimate of drug-likeness (QED) is 0.836. The highest BCUT2D eigenvalue weighted by Crippen LogP contribution is 2.10. The predicted octanol–water partition coefficient (Wildman–Crippen LogP) is 2.75. The maximum absolute atomic E-state index is 10.1. The Hall–Kier alpha value is -0.900. The van der Waals surface area contributed by atoms with Crippen molar-refractivity contribution in [3.05, 3.63) is 35.9 Å². The van der Waals surface area contributed by atoms with Crippen molar-refractivity contribution in [1.29, 1.82) is 0 Å². The molecule has 0 spiro atoms. The van der Waals surface area contributed by atoms with Crippen molar-refractivity contribution in [2.75, 3.05) is 32.7 Å². The molecule has 3 nitrogen and oxygen atoms in total. The van der Waals surface area contributed by atoms with Gasteiger partial charge < -0.3 is 5.11 Å². The second-order valence-corrected chi connectivity index (χ2v) is 6.21. The molecular weight excluding hydrogens is 260 g/mol. The topological polar surface area (TPSA) is 26.7 Å². The van der Waals surface area contributed by atoms with Gasteiger partial charge in [-0.3, -0.25) is 9.80 Å².